The first-order valence-corrected chi connectivity index (χ1v) is 6.86. The van der Waals surface area contributed by atoms with Gasteiger partial charge in [-0.05, 0) is 35.0 Å². The van der Waals surface area contributed by atoms with E-state index in [9.17, 15) is 13.9 Å². The summed E-state index contributed by atoms with van der Waals surface area (Å²) in [5.74, 6) is -1.41. The highest BCUT2D eigenvalue weighted by atomic mass is 79.9. The third-order valence-electron chi connectivity index (χ3n) is 2.63. The van der Waals surface area contributed by atoms with E-state index in [2.05, 4.69) is 15.9 Å². The van der Waals surface area contributed by atoms with Crippen molar-refractivity contribution < 1.29 is 18.6 Å². The van der Waals surface area contributed by atoms with Gasteiger partial charge in [-0.3, -0.25) is 0 Å². The lowest BCUT2D eigenvalue weighted by Crippen LogP contribution is -1.99. The molecule has 2 rings (SSSR count). The van der Waals surface area contributed by atoms with Gasteiger partial charge in [0.15, 0.2) is 11.6 Å². The molecule has 20 heavy (non-hydrogen) atoms. The maximum absolute atomic E-state index is 13.8. The molecule has 0 heterocycles. The van der Waals surface area contributed by atoms with E-state index in [-0.39, 0.29) is 22.1 Å². The van der Waals surface area contributed by atoms with Crippen LogP contribution in [0, 0.1) is 11.6 Å². The zero-order chi connectivity index (χ0) is 14.9. The summed E-state index contributed by atoms with van der Waals surface area (Å²) in [6, 6.07) is 6.55. The summed E-state index contributed by atoms with van der Waals surface area (Å²) in [7, 11) is 0. The molecule has 0 aliphatic carbocycles. The highest BCUT2D eigenvalue weighted by Gasteiger charge is 2.17. The lowest BCUT2D eigenvalue weighted by atomic mass is 10.1. The van der Waals surface area contributed by atoms with Crippen molar-refractivity contribution >= 4 is 27.5 Å². The summed E-state index contributed by atoms with van der Waals surface area (Å²) in [6.07, 6.45) is -0.920. The second-order valence-electron chi connectivity index (χ2n) is 4.13. The van der Waals surface area contributed by atoms with Gasteiger partial charge in [-0.2, -0.15) is 0 Å². The van der Waals surface area contributed by atoms with Crippen LogP contribution >= 0.6 is 27.5 Å². The number of aliphatic hydroxyl groups is 1. The van der Waals surface area contributed by atoms with E-state index in [1.54, 1.807) is 0 Å². The number of hydrogen-bond acceptors (Lipinski definition) is 2. The molecule has 6 heteroatoms. The van der Waals surface area contributed by atoms with Gasteiger partial charge in [0.25, 0.3) is 0 Å². The molecule has 1 atom stereocenters. The summed E-state index contributed by atoms with van der Waals surface area (Å²) >= 11 is 8.79. The zero-order valence-corrected chi connectivity index (χ0v) is 12.7. The monoisotopic (exact) mass is 362 g/mol. The Morgan fingerprint density at radius 2 is 1.95 bits per heavy atom. The van der Waals surface area contributed by atoms with Gasteiger partial charge in [-0.15, -0.1) is 0 Å². The minimum atomic E-state index is -0.920. The molecule has 0 bridgehead atoms. The smallest absolute Gasteiger partial charge is 0.168 e. The highest BCUT2D eigenvalue weighted by molar-refractivity contribution is 9.10. The summed E-state index contributed by atoms with van der Waals surface area (Å²) in [6.45, 7) is 1.49. The molecule has 0 saturated carbocycles. The van der Waals surface area contributed by atoms with E-state index in [0.717, 1.165) is 6.07 Å². The van der Waals surface area contributed by atoms with Crippen LogP contribution in [0.25, 0.3) is 0 Å². The van der Waals surface area contributed by atoms with Crippen molar-refractivity contribution in [3.63, 3.8) is 0 Å². The molecule has 0 aromatic heterocycles. The van der Waals surface area contributed by atoms with E-state index in [0.29, 0.717) is 4.47 Å². The van der Waals surface area contributed by atoms with Gasteiger partial charge < -0.3 is 9.84 Å². The maximum Gasteiger partial charge on any atom is 0.168 e. The first kappa shape index (κ1) is 15.2. The lowest BCUT2D eigenvalue weighted by Gasteiger charge is -2.15. The first-order chi connectivity index (χ1) is 9.40. The Morgan fingerprint density at radius 3 is 2.60 bits per heavy atom. The third-order valence-corrected chi connectivity index (χ3v) is 3.54. The fourth-order valence-electron chi connectivity index (χ4n) is 1.65. The Balaban J connectivity index is 2.47. The van der Waals surface area contributed by atoms with Crippen LogP contribution in [0.1, 0.15) is 18.6 Å². The van der Waals surface area contributed by atoms with Gasteiger partial charge in [-0.1, -0.05) is 23.7 Å². The summed E-state index contributed by atoms with van der Waals surface area (Å²) in [5, 5.41) is 9.55. The van der Waals surface area contributed by atoms with Crippen molar-refractivity contribution in [2.45, 2.75) is 13.0 Å². The standard InChI is InChI=1S/C14H10BrClF2O2/c1-7(19)8-3-2-4-11(17)14(8)20-13-6-12(18)10(16)5-9(13)15/h2-7,19H,1H3/t7-/m0/s1. The molecule has 0 radical (unpaired) electrons. The molecular formula is C14H10BrClF2O2. The predicted molar refractivity (Wildman–Crippen MR) is 76.2 cm³/mol. The number of halogens is 4. The van der Waals surface area contributed by atoms with Crippen LogP contribution in [-0.2, 0) is 0 Å². The van der Waals surface area contributed by atoms with Crippen LogP contribution in [0.2, 0.25) is 5.02 Å². The van der Waals surface area contributed by atoms with Gasteiger partial charge in [0.05, 0.1) is 15.6 Å². The van der Waals surface area contributed by atoms with E-state index in [1.807, 2.05) is 0 Å². The predicted octanol–water partition coefficient (Wildman–Crippen LogP) is 5.23. The second-order valence-corrected chi connectivity index (χ2v) is 5.39. The van der Waals surface area contributed by atoms with Gasteiger partial charge in [-0.25, -0.2) is 8.78 Å². The largest absolute Gasteiger partial charge is 0.453 e. The zero-order valence-electron chi connectivity index (χ0n) is 10.3. The summed E-state index contributed by atoms with van der Waals surface area (Å²) in [5.41, 5.74) is 0.271. The van der Waals surface area contributed by atoms with Gasteiger partial charge in [0.1, 0.15) is 11.6 Å². The molecular weight excluding hydrogens is 354 g/mol. The van der Waals surface area contributed by atoms with E-state index in [1.165, 1.54) is 31.2 Å². The number of ether oxygens (including phenoxy) is 1. The number of para-hydroxylation sites is 1. The number of hydrogen-bond donors (Lipinski definition) is 1. The molecule has 0 spiro atoms. The fourth-order valence-corrected chi connectivity index (χ4v) is 2.37. The second kappa shape index (κ2) is 6.08. The highest BCUT2D eigenvalue weighted by Crippen LogP contribution is 2.37. The average molecular weight is 364 g/mol. The molecule has 0 fully saturated rings. The van der Waals surface area contributed by atoms with Crippen molar-refractivity contribution in [3.8, 4) is 11.5 Å². The van der Waals surface area contributed by atoms with Crippen LogP contribution < -0.4 is 4.74 Å². The quantitative estimate of drug-likeness (QED) is 0.757. The van der Waals surface area contributed by atoms with Crippen LogP contribution in [0.3, 0.4) is 0 Å². The molecule has 1 N–H and O–H groups in total. The fraction of sp³-hybridized carbons (Fsp3) is 0.143. The van der Waals surface area contributed by atoms with Crippen LogP contribution in [0.4, 0.5) is 8.78 Å². The van der Waals surface area contributed by atoms with Gasteiger partial charge >= 0.3 is 0 Å². The van der Waals surface area contributed by atoms with Crippen molar-refractivity contribution in [3.05, 3.63) is 57.0 Å². The normalized spacial score (nSPS) is 12.3. The number of rotatable bonds is 3. The van der Waals surface area contributed by atoms with Crippen molar-refractivity contribution in [2.75, 3.05) is 0 Å². The SMILES string of the molecule is C[C@H](O)c1cccc(F)c1Oc1cc(F)c(Cl)cc1Br. The molecule has 2 aromatic rings. The lowest BCUT2D eigenvalue weighted by molar-refractivity contribution is 0.194. The van der Waals surface area contributed by atoms with Crippen molar-refractivity contribution in [2.24, 2.45) is 0 Å². The minimum absolute atomic E-state index is 0.0684. The Bertz CT molecular complexity index is 647. The Morgan fingerprint density at radius 1 is 1.25 bits per heavy atom. The average Bonchev–Trinajstić information content (AvgIpc) is 2.37. The van der Waals surface area contributed by atoms with Crippen LogP contribution in [0.5, 0.6) is 11.5 Å². The summed E-state index contributed by atoms with van der Waals surface area (Å²) < 4.78 is 33.0. The van der Waals surface area contributed by atoms with E-state index < -0.39 is 17.7 Å². The van der Waals surface area contributed by atoms with Crippen molar-refractivity contribution in [1.29, 1.82) is 0 Å². The molecule has 0 amide bonds. The van der Waals surface area contributed by atoms with Crippen molar-refractivity contribution in [1.82, 2.24) is 0 Å². The Hall–Kier alpha value is -1.17. The van der Waals surface area contributed by atoms with E-state index >= 15 is 0 Å². The van der Waals surface area contributed by atoms with Crippen LogP contribution in [-0.4, -0.2) is 5.11 Å². The Kier molecular flexibility index (Phi) is 4.62. The third kappa shape index (κ3) is 3.11. The number of aliphatic hydroxyl groups excluding tert-OH is 1. The summed E-state index contributed by atoms with van der Waals surface area (Å²) in [4.78, 5) is 0. The molecule has 0 saturated heterocycles. The number of benzene rings is 2. The molecule has 0 aliphatic rings. The first-order valence-electron chi connectivity index (χ1n) is 5.69. The molecule has 0 aliphatic heterocycles. The topological polar surface area (TPSA) is 29.5 Å². The van der Waals surface area contributed by atoms with Gasteiger partial charge in [0.2, 0.25) is 0 Å². The van der Waals surface area contributed by atoms with E-state index in [4.69, 9.17) is 16.3 Å². The Labute approximate surface area is 128 Å². The molecule has 2 nitrogen and oxygen atoms in total. The minimum Gasteiger partial charge on any atom is -0.453 e. The molecule has 0 unspecified atom stereocenters. The molecule has 106 valence electrons. The maximum atomic E-state index is 13.8. The van der Waals surface area contributed by atoms with Crippen LogP contribution in [0.15, 0.2) is 34.8 Å². The molecule has 2 aromatic carbocycles. The van der Waals surface area contributed by atoms with Gasteiger partial charge in [0, 0.05) is 11.6 Å².